The summed E-state index contributed by atoms with van der Waals surface area (Å²) in [7, 11) is 0. The van der Waals surface area contributed by atoms with E-state index in [0.717, 1.165) is 57.8 Å². The molecule has 1 saturated heterocycles. The van der Waals surface area contributed by atoms with Gasteiger partial charge in [0, 0.05) is 12.8 Å². The van der Waals surface area contributed by atoms with Crippen LogP contribution in [0.1, 0.15) is 142 Å². The quantitative estimate of drug-likeness (QED) is 0.0215. The van der Waals surface area contributed by atoms with Gasteiger partial charge < -0.3 is 39.4 Å². The van der Waals surface area contributed by atoms with Gasteiger partial charge in [0.25, 0.3) is 0 Å². The van der Waals surface area contributed by atoms with Gasteiger partial charge in [-0.3, -0.25) is 9.59 Å². The number of rotatable bonds is 34. The molecule has 324 valence electrons. The van der Waals surface area contributed by atoms with E-state index in [1.807, 2.05) is 36.5 Å². The molecule has 1 aliphatic rings. The number of aliphatic hydroxyl groups is 4. The highest BCUT2D eigenvalue weighted by molar-refractivity contribution is 5.70. The number of ether oxygens (including phenoxy) is 4. The Morgan fingerprint density at radius 1 is 0.579 bits per heavy atom. The van der Waals surface area contributed by atoms with Crippen LogP contribution < -0.4 is 0 Å². The highest BCUT2D eigenvalue weighted by Gasteiger charge is 2.44. The second-order valence-electron chi connectivity index (χ2n) is 14.5. The first-order chi connectivity index (χ1) is 27.8. The lowest BCUT2D eigenvalue weighted by Gasteiger charge is -2.39. The summed E-state index contributed by atoms with van der Waals surface area (Å²) in [6, 6.07) is 0. The van der Waals surface area contributed by atoms with Crippen LogP contribution in [0.3, 0.4) is 0 Å². The second kappa shape index (κ2) is 37.2. The van der Waals surface area contributed by atoms with E-state index < -0.39 is 55.4 Å². The van der Waals surface area contributed by atoms with Crippen molar-refractivity contribution < 1.29 is 49.0 Å². The Hall–Kier alpha value is -3.12. The number of aliphatic hydroxyl groups excluding tert-OH is 4. The lowest BCUT2D eigenvalue weighted by molar-refractivity contribution is -0.305. The van der Waals surface area contributed by atoms with E-state index in [1.165, 1.54) is 38.5 Å². The Morgan fingerprint density at radius 3 is 1.77 bits per heavy atom. The minimum absolute atomic E-state index is 0.148. The maximum Gasteiger partial charge on any atom is 0.306 e. The van der Waals surface area contributed by atoms with E-state index in [0.29, 0.717) is 19.3 Å². The SMILES string of the molecule is CC/C=C/C=C/C=C/C=C/CCCCCCCC(=O)OC[C@H](CO[C@@H]1O[C@H](CO)[C@H](O)C(O)C1O)OC(=O)CCC/C=C/C/C=C/C/C=C/CCCCCCCC. The van der Waals surface area contributed by atoms with Crippen LogP contribution in [0.4, 0.5) is 0 Å². The van der Waals surface area contributed by atoms with Gasteiger partial charge in [-0.2, -0.15) is 0 Å². The molecule has 10 nitrogen and oxygen atoms in total. The molecule has 0 saturated carbocycles. The normalized spacial score (nSPS) is 21.1. The third-order valence-electron chi connectivity index (χ3n) is 9.36. The molecule has 0 amide bonds. The van der Waals surface area contributed by atoms with Gasteiger partial charge in [0.2, 0.25) is 0 Å². The number of hydrogen-bond acceptors (Lipinski definition) is 10. The number of hydrogen-bond donors (Lipinski definition) is 4. The molecule has 0 aromatic heterocycles. The highest BCUT2D eigenvalue weighted by atomic mass is 16.7. The Balaban J connectivity index is 2.42. The van der Waals surface area contributed by atoms with Crippen molar-refractivity contribution in [1.82, 2.24) is 0 Å². The lowest BCUT2D eigenvalue weighted by atomic mass is 9.99. The Bertz CT molecular complexity index is 1200. The zero-order chi connectivity index (χ0) is 41.6. The highest BCUT2D eigenvalue weighted by Crippen LogP contribution is 2.22. The summed E-state index contributed by atoms with van der Waals surface area (Å²) in [4.78, 5) is 25.3. The monoisotopic (exact) mass is 801 g/mol. The summed E-state index contributed by atoms with van der Waals surface area (Å²) in [5, 5.41) is 40.0. The van der Waals surface area contributed by atoms with Crippen LogP contribution in [0.2, 0.25) is 0 Å². The van der Waals surface area contributed by atoms with Gasteiger partial charge in [-0.05, 0) is 64.2 Å². The van der Waals surface area contributed by atoms with Gasteiger partial charge in [0.15, 0.2) is 12.4 Å². The Morgan fingerprint density at radius 2 is 1.12 bits per heavy atom. The van der Waals surface area contributed by atoms with Crippen LogP contribution >= 0.6 is 0 Å². The fourth-order valence-electron chi connectivity index (χ4n) is 5.92. The maximum absolute atomic E-state index is 12.7. The average Bonchev–Trinajstić information content (AvgIpc) is 3.21. The zero-order valence-corrected chi connectivity index (χ0v) is 35.0. The molecule has 6 atom stereocenters. The molecule has 0 spiro atoms. The van der Waals surface area contributed by atoms with E-state index in [1.54, 1.807) is 0 Å². The average molecular weight is 801 g/mol. The zero-order valence-electron chi connectivity index (χ0n) is 35.0. The van der Waals surface area contributed by atoms with Crippen molar-refractivity contribution in [3.05, 3.63) is 85.1 Å². The minimum Gasteiger partial charge on any atom is -0.462 e. The van der Waals surface area contributed by atoms with Crippen LogP contribution in [0, 0.1) is 0 Å². The van der Waals surface area contributed by atoms with Crippen LogP contribution in [-0.2, 0) is 28.5 Å². The molecule has 1 heterocycles. The summed E-state index contributed by atoms with van der Waals surface area (Å²) in [5.74, 6) is -0.904. The lowest BCUT2D eigenvalue weighted by Crippen LogP contribution is -2.59. The van der Waals surface area contributed by atoms with Crippen LogP contribution in [0.5, 0.6) is 0 Å². The topological polar surface area (TPSA) is 152 Å². The molecule has 4 N–H and O–H groups in total. The van der Waals surface area contributed by atoms with Gasteiger partial charge in [0.05, 0.1) is 13.2 Å². The van der Waals surface area contributed by atoms with Gasteiger partial charge in [0.1, 0.15) is 31.0 Å². The molecule has 0 radical (unpaired) electrons. The third-order valence-corrected chi connectivity index (χ3v) is 9.36. The van der Waals surface area contributed by atoms with Crippen molar-refractivity contribution >= 4 is 11.9 Å². The molecule has 0 aliphatic carbocycles. The Kier molecular flexibility index (Phi) is 33.8. The van der Waals surface area contributed by atoms with E-state index in [9.17, 15) is 30.0 Å². The largest absolute Gasteiger partial charge is 0.462 e. The second-order valence-corrected chi connectivity index (χ2v) is 14.5. The van der Waals surface area contributed by atoms with Crippen molar-refractivity contribution in [1.29, 1.82) is 0 Å². The molecule has 10 heteroatoms. The van der Waals surface area contributed by atoms with Crippen LogP contribution in [0.25, 0.3) is 0 Å². The molecule has 0 aromatic rings. The van der Waals surface area contributed by atoms with E-state index in [-0.39, 0.29) is 26.1 Å². The maximum atomic E-state index is 12.7. The molecule has 57 heavy (non-hydrogen) atoms. The predicted octanol–water partition coefficient (Wildman–Crippen LogP) is 8.99. The van der Waals surface area contributed by atoms with Gasteiger partial charge in [-0.25, -0.2) is 0 Å². The molecule has 0 aromatic carbocycles. The van der Waals surface area contributed by atoms with Gasteiger partial charge in [-0.1, -0.05) is 150 Å². The molecule has 0 bridgehead atoms. The molecule has 2 unspecified atom stereocenters. The smallest absolute Gasteiger partial charge is 0.306 e. The molecule has 1 aliphatic heterocycles. The predicted molar refractivity (Wildman–Crippen MR) is 228 cm³/mol. The van der Waals surface area contributed by atoms with Crippen molar-refractivity contribution in [2.24, 2.45) is 0 Å². The number of carbonyl (C=O) groups excluding carboxylic acids is 2. The summed E-state index contributed by atoms with van der Waals surface area (Å²) >= 11 is 0. The van der Waals surface area contributed by atoms with Gasteiger partial charge >= 0.3 is 11.9 Å². The third kappa shape index (κ3) is 28.9. The summed E-state index contributed by atoms with van der Waals surface area (Å²) in [6.45, 7) is 3.18. The van der Waals surface area contributed by atoms with E-state index >= 15 is 0 Å². The number of carbonyl (C=O) groups is 2. The van der Waals surface area contributed by atoms with Crippen molar-refractivity contribution in [3.8, 4) is 0 Å². The summed E-state index contributed by atoms with van der Waals surface area (Å²) in [6.07, 6.45) is 40.2. The van der Waals surface area contributed by atoms with E-state index in [2.05, 4.69) is 62.5 Å². The van der Waals surface area contributed by atoms with Gasteiger partial charge in [-0.15, -0.1) is 0 Å². The number of esters is 2. The molecule has 1 fully saturated rings. The summed E-state index contributed by atoms with van der Waals surface area (Å²) < 4.78 is 22.0. The van der Waals surface area contributed by atoms with Crippen molar-refractivity contribution in [2.45, 2.75) is 179 Å². The first kappa shape index (κ1) is 51.9. The number of allylic oxidation sites excluding steroid dienone is 14. The fourth-order valence-corrected chi connectivity index (χ4v) is 5.92. The first-order valence-corrected chi connectivity index (χ1v) is 21.7. The standard InChI is InChI=1S/C47H76O10/c1-3-5-7-9-11-13-15-17-19-20-22-24-26-28-30-32-34-36-43(50)56-40(39-55-47-46(53)45(52)44(51)41(37-48)57-47)38-54-42(49)35-33-31-29-27-25-23-21-18-16-14-12-10-8-6-4-2/h6,8,10,12,14,16-19,21-22,24,28,30,40-41,44-48,51-53H,3-5,7,9,11,13,15,20,23,25-27,29,31-39H2,1-2H3/b8-6+,12-10+,16-14+,19-17+,21-18+,24-22+,30-28+/t40-,41-,44+,45?,46?,47-/m1/s1. The molecule has 1 rings (SSSR count). The Labute approximate surface area is 344 Å². The molecular formula is C47H76O10. The summed E-state index contributed by atoms with van der Waals surface area (Å²) in [5.41, 5.74) is 0. The minimum atomic E-state index is -1.61. The number of unbranched alkanes of at least 4 members (excludes halogenated alkanes) is 12. The van der Waals surface area contributed by atoms with E-state index in [4.69, 9.17) is 18.9 Å². The van der Waals surface area contributed by atoms with Crippen molar-refractivity contribution in [2.75, 3.05) is 19.8 Å². The first-order valence-electron chi connectivity index (χ1n) is 21.7. The van der Waals surface area contributed by atoms with Crippen molar-refractivity contribution in [3.63, 3.8) is 0 Å². The van der Waals surface area contributed by atoms with Crippen LogP contribution in [-0.4, -0.2) is 89.0 Å². The molecular weight excluding hydrogens is 725 g/mol. The fraction of sp³-hybridized carbons (Fsp3) is 0.660. The van der Waals surface area contributed by atoms with Crippen LogP contribution in [0.15, 0.2) is 85.1 Å².